The molecule has 5 nitrogen and oxygen atoms in total. The number of nitrogens with one attached hydrogen (secondary N) is 2. The predicted octanol–water partition coefficient (Wildman–Crippen LogP) is 2.26. The minimum atomic E-state index is -0.453. The first-order valence-corrected chi connectivity index (χ1v) is 8.01. The molecule has 0 aliphatic carbocycles. The van der Waals surface area contributed by atoms with Gasteiger partial charge in [-0.3, -0.25) is 0 Å². The number of β-amino-alcohol motifs (C(OH)–C–C–N with tert-alkyl or cyclic N) is 1. The number of piperidine rings is 1. The zero-order chi connectivity index (χ0) is 16.4. The summed E-state index contributed by atoms with van der Waals surface area (Å²) in [6.07, 6.45) is 2.84. The quantitative estimate of drug-likeness (QED) is 0.812. The van der Waals surface area contributed by atoms with Crippen molar-refractivity contribution in [3.8, 4) is 0 Å². The van der Waals surface area contributed by atoms with Crippen molar-refractivity contribution in [2.45, 2.75) is 25.9 Å². The largest absolute Gasteiger partial charge is 0.391 e. The number of aromatic amines is 1. The van der Waals surface area contributed by atoms with Gasteiger partial charge in [0, 0.05) is 36.7 Å². The molecule has 0 saturated carbocycles. The highest BCUT2D eigenvalue weighted by Gasteiger charge is 2.26. The Morgan fingerprint density at radius 1 is 1.52 bits per heavy atom. The van der Waals surface area contributed by atoms with E-state index in [1.54, 1.807) is 11.0 Å². The molecule has 1 aromatic heterocycles. The first kappa shape index (κ1) is 15.8. The molecule has 0 radical (unpaired) electrons. The van der Waals surface area contributed by atoms with Gasteiger partial charge in [0.2, 0.25) is 0 Å². The van der Waals surface area contributed by atoms with Crippen LogP contribution >= 0.6 is 0 Å². The van der Waals surface area contributed by atoms with Crippen molar-refractivity contribution in [1.29, 1.82) is 0 Å². The standard InChI is InChI=1S/C17H22FN3O2/c1-11-5-7-21(10-16(11)22)17(23)19-6-4-12-9-20-15-3-2-13(18)8-14(12)15/h2-3,8-9,11,16,20,22H,4-7,10H2,1H3,(H,19,23). The fourth-order valence-corrected chi connectivity index (χ4v) is 3.01. The molecule has 124 valence electrons. The summed E-state index contributed by atoms with van der Waals surface area (Å²) in [6, 6.07) is 4.49. The van der Waals surface area contributed by atoms with Crippen molar-refractivity contribution in [3.63, 3.8) is 0 Å². The number of fused-ring (bicyclic) bond motifs is 1. The van der Waals surface area contributed by atoms with E-state index in [9.17, 15) is 14.3 Å². The molecule has 1 aliphatic heterocycles. The lowest BCUT2D eigenvalue weighted by atomic mass is 9.96. The zero-order valence-electron chi connectivity index (χ0n) is 13.2. The van der Waals surface area contributed by atoms with E-state index in [-0.39, 0.29) is 17.8 Å². The SMILES string of the molecule is CC1CCN(C(=O)NCCc2c[nH]c3ccc(F)cc23)CC1O. The molecule has 0 spiro atoms. The van der Waals surface area contributed by atoms with Gasteiger partial charge in [0.05, 0.1) is 6.10 Å². The second-order valence-electron chi connectivity index (χ2n) is 6.27. The van der Waals surface area contributed by atoms with Crippen LogP contribution in [0.25, 0.3) is 10.9 Å². The van der Waals surface area contributed by atoms with Crippen LogP contribution in [-0.2, 0) is 6.42 Å². The minimum absolute atomic E-state index is 0.151. The molecule has 6 heteroatoms. The number of aliphatic hydroxyl groups is 1. The van der Waals surface area contributed by atoms with Crippen molar-refractivity contribution in [2.75, 3.05) is 19.6 Å². The van der Waals surface area contributed by atoms with Crippen molar-refractivity contribution < 1.29 is 14.3 Å². The molecule has 2 amide bonds. The summed E-state index contributed by atoms with van der Waals surface area (Å²) >= 11 is 0. The van der Waals surface area contributed by atoms with E-state index in [1.807, 2.05) is 13.1 Å². The second-order valence-corrected chi connectivity index (χ2v) is 6.27. The molecule has 1 aliphatic rings. The molecule has 2 aromatic rings. The zero-order valence-corrected chi connectivity index (χ0v) is 13.2. The third kappa shape index (κ3) is 3.47. The molecule has 3 N–H and O–H groups in total. The number of rotatable bonds is 3. The lowest BCUT2D eigenvalue weighted by molar-refractivity contribution is 0.0436. The predicted molar refractivity (Wildman–Crippen MR) is 86.7 cm³/mol. The van der Waals surface area contributed by atoms with Gasteiger partial charge in [-0.25, -0.2) is 9.18 Å². The summed E-state index contributed by atoms with van der Waals surface area (Å²) in [5.74, 6) is -0.0287. The number of hydrogen-bond donors (Lipinski definition) is 3. The Labute approximate surface area is 134 Å². The molecule has 2 atom stereocenters. The van der Waals surface area contributed by atoms with Crippen LogP contribution in [0, 0.1) is 11.7 Å². The van der Waals surface area contributed by atoms with Crippen molar-refractivity contribution in [1.82, 2.24) is 15.2 Å². The van der Waals surface area contributed by atoms with Crippen LogP contribution in [0.3, 0.4) is 0 Å². The summed E-state index contributed by atoms with van der Waals surface area (Å²) < 4.78 is 13.3. The molecule has 2 heterocycles. The summed E-state index contributed by atoms with van der Waals surface area (Å²) in [5.41, 5.74) is 1.87. The maximum atomic E-state index is 13.3. The Morgan fingerprint density at radius 3 is 3.13 bits per heavy atom. The van der Waals surface area contributed by atoms with Gasteiger partial charge < -0.3 is 20.3 Å². The lowest BCUT2D eigenvalue weighted by Gasteiger charge is -2.34. The number of halogens is 1. The van der Waals surface area contributed by atoms with Crippen LogP contribution in [0.5, 0.6) is 0 Å². The Kier molecular flexibility index (Phi) is 4.52. The van der Waals surface area contributed by atoms with E-state index in [4.69, 9.17) is 0 Å². The van der Waals surface area contributed by atoms with E-state index >= 15 is 0 Å². The van der Waals surface area contributed by atoms with E-state index in [2.05, 4.69) is 10.3 Å². The molecule has 1 fully saturated rings. The normalized spacial score (nSPS) is 21.6. The Balaban J connectivity index is 1.54. The van der Waals surface area contributed by atoms with Gasteiger partial charge in [-0.1, -0.05) is 6.92 Å². The van der Waals surface area contributed by atoms with Gasteiger partial charge in [-0.2, -0.15) is 0 Å². The summed E-state index contributed by atoms with van der Waals surface area (Å²) in [5, 5.41) is 13.6. The van der Waals surface area contributed by atoms with Gasteiger partial charge in [0.1, 0.15) is 5.82 Å². The van der Waals surface area contributed by atoms with Crippen LogP contribution < -0.4 is 5.32 Å². The van der Waals surface area contributed by atoms with Gasteiger partial charge >= 0.3 is 6.03 Å². The topological polar surface area (TPSA) is 68.4 Å². The van der Waals surface area contributed by atoms with Crippen LogP contribution in [0.1, 0.15) is 18.9 Å². The molecule has 0 bridgehead atoms. The summed E-state index contributed by atoms with van der Waals surface area (Å²) in [4.78, 5) is 16.9. The number of benzene rings is 1. The van der Waals surface area contributed by atoms with E-state index < -0.39 is 6.10 Å². The van der Waals surface area contributed by atoms with Crippen molar-refractivity contribution in [2.24, 2.45) is 5.92 Å². The minimum Gasteiger partial charge on any atom is -0.391 e. The fourth-order valence-electron chi connectivity index (χ4n) is 3.01. The Hall–Kier alpha value is -2.08. The number of amides is 2. The smallest absolute Gasteiger partial charge is 0.317 e. The molecule has 1 saturated heterocycles. The van der Waals surface area contributed by atoms with Crippen LogP contribution in [-0.4, -0.2) is 46.8 Å². The van der Waals surface area contributed by atoms with Gasteiger partial charge in [-0.15, -0.1) is 0 Å². The maximum Gasteiger partial charge on any atom is 0.317 e. The molecule has 23 heavy (non-hydrogen) atoms. The number of nitrogens with zero attached hydrogens (tertiary/aromatic N) is 1. The highest BCUT2D eigenvalue weighted by atomic mass is 19.1. The fraction of sp³-hybridized carbons (Fsp3) is 0.471. The van der Waals surface area contributed by atoms with Crippen LogP contribution in [0.15, 0.2) is 24.4 Å². The number of H-pyrrole nitrogens is 1. The average molecular weight is 319 g/mol. The lowest BCUT2D eigenvalue weighted by Crippen LogP contribution is -2.49. The van der Waals surface area contributed by atoms with Crippen LogP contribution in [0.4, 0.5) is 9.18 Å². The van der Waals surface area contributed by atoms with E-state index in [1.165, 1.54) is 12.1 Å². The third-order valence-electron chi connectivity index (χ3n) is 4.61. The monoisotopic (exact) mass is 319 g/mol. The van der Waals surface area contributed by atoms with E-state index in [0.717, 1.165) is 22.9 Å². The number of urea groups is 1. The summed E-state index contributed by atoms with van der Waals surface area (Å²) in [6.45, 7) is 3.52. The number of aliphatic hydroxyl groups excluding tert-OH is 1. The Bertz CT molecular complexity index is 700. The second kappa shape index (κ2) is 6.58. The molecular formula is C17H22FN3O2. The number of likely N-dealkylation sites (tertiary alicyclic amines) is 1. The first-order chi connectivity index (χ1) is 11.0. The van der Waals surface area contributed by atoms with Gasteiger partial charge in [-0.05, 0) is 42.5 Å². The maximum absolute atomic E-state index is 13.3. The number of hydrogen-bond acceptors (Lipinski definition) is 2. The van der Waals surface area contributed by atoms with E-state index in [0.29, 0.717) is 26.1 Å². The Morgan fingerprint density at radius 2 is 2.35 bits per heavy atom. The molecular weight excluding hydrogens is 297 g/mol. The average Bonchev–Trinajstić information content (AvgIpc) is 2.92. The first-order valence-electron chi connectivity index (χ1n) is 8.01. The summed E-state index contributed by atoms with van der Waals surface area (Å²) in [7, 11) is 0. The highest BCUT2D eigenvalue weighted by Crippen LogP contribution is 2.20. The molecule has 1 aromatic carbocycles. The highest BCUT2D eigenvalue weighted by molar-refractivity contribution is 5.83. The van der Waals surface area contributed by atoms with Gasteiger partial charge in [0.25, 0.3) is 0 Å². The number of aromatic nitrogens is 1. The number of carbonyl (C=O) groups excluding carboxylic acids is 1. The molecule has 3 rings (SSSR count). The van der Waals surface area contributed by atoms with Gasteiger partial charge in [0.15, 0.2) is 0 Å². The molecule has 2 unspecified atom stereocenters. The number of carbonyl (C=O) groups is 1. The van der Waals surface area contributed by atoms with Crippen molar-refractivity contribution in [3.05, 3.63) is 35.8 Å². The van der Waals surface area contributed by atoms with Crippen molar-refractivity contribution >= 4 is 16.9 Å². The third-order valence-corrected chi connectivity index (χ3v) is 4.61. The van der Waals surface area contributed by atoms with Crippen LogP contribution in [0.2, 0.25) is 0 Å².